The summed E-state index contributed by atoms with van der Waals surface area (Å²) in [5.74, 6) is -0.288. The third-order valence-corrected chi connectivity index (χ3v) is 2.88. The molecule has 1 aromatic rings. The lowest BCUT2D eigenvalue weighted by molar-refractivity contribution is -0.124. The fraction of sp³-hybridized carbons (Fsp3) is 0.462. The van der Waals surface area contributed by atoms with Crippen LogP contribution in [-0.4, -0.2) is 43.0 Å². The van der Waals surface area contributed by atoms with Crippen molar-refractivity contribution in [2.24, 2.45) is 0 Å². The summed E-state index contributed by atoms with van der Waals surface area (Å²) in [6.07, 6.45) is 0.506. The van der Waals surface area contributed by atoms with E-state index < -0.39 is 5.60 Å². The van der Waals surface area contributed by atoms with E-state index in [4.69, 9.17) is 9.47 Å². The average Bonchev–Trinajstić information content (AvgIpc) is 2.83. The zero-order valence-corrected chi connectivity index (χ0v) is 10.4. The quantitative estimate of drug-likeness (QED) is 0.815. The molecule has 1 atom stereocenters. The third kappa shape index (κ3) is 4.18. The standard InChI is InChI=1S/C13H16FNO4/c14-10-1-3-11(4-2-10)19-7-12(16)15-8-13(17)5-6-18-9-13/h1-4,17H,5-9H2,(H,15,16)/t13-/m1/s1. The van der Waals surface area contributed by atoms with Gasteiger partial charge in [-0.15, -0.1) is 0 Å². The number of nitrogens with one attached hydrogen (secondary N) is 1. The first-order valence-electron chi connectivity index (χ1n) is 6.03. The maximum atomic E-state index is 12.6. The summed E-state index contributed by atoms with van der Waals surface area (Å²) in [6, 6.07) is 5.40. The van der Waals surface area contributed by atoms with Crippen LogP contribution in [0.15, 0.2) is 24.3 Å². The molecule has 6 heteroatoms. The van der Waals surface area contributed by atoms with Crippen molar-refractivity contribution < 1.29 is 23.8 Å². The van der Waals surface area contributed by atoms with E-state index in [0.29, 0.717) is 18.8 Å². The van der Waals surface area contributed by atoms with E-state index in [2.05, 4.69) is 5.32 Å². The lowest BCUT2D eigenvalue weighted by Gasteiger charge is -2.20. The van der Waals surface area contributed by atoms with Crippen LogP contribution in [0.25, 0.3) is 0 Å². The van der Waals surface area contributed by atoms with Gasteiger partial charge in [-0.1, -0.05) is 0 Å². The normalized spacial score (nSPS) is 22.2. The van der Waals surface area contributed by atoms with Gasteiger partial charge in [-0.05, 0) is 24.3 Å². The first kappa shape index (κ1) is 13.8. The van der Waals surface area contributed by atoms with E-state index in [1.807, 2.05) is 0 Å². The average molecular weight is 269 g/mol. The molecule has 5 nitrogen and oxygen atoms in total. The molecule has 1 saturated heterocycles. The van der Waals surface area contributed by atoms with Crippen molar-refractivity contribution >= 4 is 5.91 Å². The van der Waals surface area contributed by atoms with Gasteiger partial charge >= 0.3 is 0 Å². The molecule has 0 saturated carbocycles. The maximum Gasteiger partial charge on any atom is 0.258 e. The predicted octanol–water partition coefficient (Wildman–Crippen LogP) is 0.472. The Hall–Kier alpha value is -1.66. The minimum Gasteiger partial charge on any atom is -0.484 e. The topological polar surface area (TPSA) is 67.8 Å². The van der Waals surface area contributed by atoms with Gasteiger partial charge < -0.3 is 19.9 Å². The Labute approximate surface area is 110 Å². The smallest absolute Gasteiger partial charge is 0.258 e. The number of hydrogen-bond donors (Lipinski definition) is 2. The highest BCUT2D eigenvalue weighted by molar-refractivity contribution is 5.77. The van der Waals surface area contributed by atoms with Crippen LogP contribution in [0.1, 0.15) is 6.42 Å². The molecule has 0 spiro atoms. The summed E-state index contributed by atoms with van der Waals surface area (Å²) in [4.78, 5) is 11.5. The van der Waals surface area contributed by atoms with Gasteiger partial charge in [0.15, 0.2) is 6.61 Å². The monoisotopic (exact) mass is 269 g/mol. The van der Waals surface area contributed by atoms with Crippen LogP contribution in [0, 0.1) is 5.82 Å². The number of hydrogen-bond acceptors (Lipinski definition) is 4. The Balaban J connectivity index is 1.71. The number of halogens is 1. The number of carbonyl (C=O) groups is 1. The van der Waals surface area contributed by atoms with E-state index in [9.17, 15) is 14.3 Å². The number of aliphatic hydroxyl groups is 1. The van der Waals surface area contributed by atoms with Crippen molar-refractivity contribution in [2.45, 2.75) is 12.0 Å². The van der Waals surface area contributed by atoms with E-state index in [0.717, 1.165) is 0 Å². The van der Waals surface area contributed by atoms with Crippen LogP contribution in [0.4, 0.5) is 4.39 Å². The Kier molecular flexibility index (Phi) is 4.34. The summed E-state index contributed by atoms with van der Waals surface area (Å²) < 4.78 is 22.9. The number of amides is 1. The first-order valence-corrected chi connectivity index (χ1v) is 6.03. The van der Waals surface area contributed by atoms with E-state index in [1.54, 1.807) is 0 Å². The van der Waals surface area contributed by atoms with Crippen LogP contribution in [0.2, 0.25) is 0 Å². The summed E-state index contributed by atoms with van der Waals surface area (Å²) in [5, 5.41) is 12.5. The fourth-order valence-electron chi connectivity index (χ4n) is 1.73. The highest BCUT2D eigenvalue weighted by Gasteiger charge is 2.32. The number of benzene rings is 1. The number of ether oxygens (including phenoxy) is 2. The largest absolute Gasteiger partial charge is 0.484 e. The van der Waals surface area contributed by atoms with Crippen molar-refractivity contribution in [3.63, 3.8) is 0 Å². The highest BCUT2D eigenvalue weighted by Crippen LogP contribution is 2.16. The summed E-state index contributed by atoms with van der Waals surface area (Å²) in [7, 11) is 0. The molecule has 1 fully saturated rings. The second-order valence-corrected chi connectivity index (χ2v) is 4.55. The van der Waals surface area contributed by atoms with Crippen LogP contribution in [0.3, 0.4) is 0 Å². The molecule has 1 aromatic carbocycles. The first-order chi connectivity index (χ1) is 9.07. The minimum absolute atomic E-state index is 0.138. The molecule has 104 valence electrons. The van der Waals surface area contributed by atoms with Crippen molar-refractivity contribution in [1.29, 1.82) is 0 Å². The minimum atomic E-state index is -0.981. The lowest BCUT2D eigenvalue weighted by Crippen LogP contribution is -2.44. The van der Waals surface area contributed by atoms with Crippen molar-refractivity contribution in [1.82, 2.24) is 5.32 Å². The number of rotatable bonds is 5. The van der Waals surface area contributed by atoms with Gasteiger partial charge in [0.25, 0.3) is 5.91 Å². The molecular weight excluding hydrogens is 253 g/mol. The number of carbonyl (C=O) groups excluding carboxylic acids is 1. The second kappa shape index (κ2) is 5.99. The molecule has 0 aromatic heterocycles. The Bertz CT molecular complexity index is 429. The summed E-state index contributed by atoms with van der Waals surface area (Å²) >= 11 is 0. The molecule has 1 heterocycles. The lowest BCUT2D eigenvalue weighted by atomic mass is 10.0. The molecule has 0 bridgehead atoms. The van der Waals surface area contributed by atoms with E-state index in [1.165, 1.54) is 24.3 Å². The van der Waals surface area contributed by atoms with Crippen LogP contribution < -0.4 is 10.1 Å². The van der Waals surface area contributed by atoms with Crippen molar-refractivity contribution in [2.75, 3.05) is 26.4 Å². The highest BCUT2D eigenvalue weighted by atomic mass is 19.1. The second-order valence-electron chi connectivity index (χ2n) is 4.55. The van der Waals surface area contributed by atoms with Crippen LogP contribution >= 0.6 is 0 Å². The third-order valence-electron chi connectivity index (χ3n) is 2.88. The van der Waals surface area contributed by atoms with E-state index in [-0.39, 0.29) is 31.5 Å². The summed E-state index contributed by atoms with van der Waals surface area (Å²) in [5.41, 5.74) is -0.981. The van der Waals surface area contributed by atoms with Crippen LogP contribution in [0.5, 0.6) is 5.75 Å². The molecule has 19 heavy (non-hydrogen) atoms. The van der Waals surface area contributed by atoms with Gasteiger partial charge in [0.1, 0.15) is 17.2 Å². The SMILES string of the molecule is O=C(COc1ccc(F)cc1)NC[C@]1(O)CCOC1. The zero-order valence-electron chi connectivity index (χ0n) is 10.4. The van der Waals surface area contributed by atoms with Gasteiger partial charge in [-0.3, -0.25) is 4.79 Å². The molecule has 1 aliphatic rings. The van der Waals surface area contributed by atoms with Gasteiger partial charge in [-0.2, -0.15) is 0 Å². The van der Waals surface area contributed by atoms with Crippen molar-refractivity contribution in [3.8, 4) is 5.75 Å². The van der Waals surface area contributed by atoms with Gasteiger partial charge in [0, 0.05) is 19.6 Å². The molecule has 0 aliphatic carbocycles. The van der Waals surface area contributed by atoms with Gasteiger partial charge in [0.05, 0.1) is 6.61 Å². The van der Waals surface area contributed by atoms with E-state index >= 15 is 0 Å². The molecule has 1 amide bonds. The molecule has 2 rings (SSSR count). The van der Waals surface area contributed by atoms with Crippen molar-refractivity contribution in [3.05, 3.63) is 30.1 Å². The molecule has 0 radical (unpaired) electrons. The molecule has 2 N–H and O–H groups in total. The Morgan fingerprint density at radius 3 is 2.84 bits per heavy atom. The molecular formula is C13H16FNO4. The predicted molar refractivity (Wildman–Crippen MR) is 65.3 cm³/mol. The zero-order chi connectivity index (χ0) is 13.7. The van der Waals surface area contributed by atoms with Gasteiger partial charge in [-0.25, -0.2) is 4.39 Å². The molecule has 0 unspecified atom stereocenters. The fourth-order valence-corrected chi connectivity index (χ4v) is 1.73. The van der Waals surface area contributed by atoms with Gasteiger partial charge in [0.2, 0.25) is 0 Å². The Morgan fingerprint density at radius 1 is 1.47 bits per heavy atom. The maximum absolute atomic E-state index is 12.6. The van der Waals surface area contributed by atoms with Crippen LogP contribution in [-0.2, 0) is 9.53 Å². The molecule has 1 aliphatic heterocycles. The summed E-state index contributed by atoms with van der Waals surface area (Å²) in [6.45, 7) is 0.686. The Morgan fingerprint density at radius 2 is 2.21 bits per heavy atom.